The summed E-state index contributed by atoms with van der Waals surface area (Å²) in [6.07, 6.45) is 3.68. The van der Waals surface area contributed by atoms with E-state index in [-0.39, 0.29) is 53.8 Å². The van der Waals surface area contributed by atoms with Crippen LogP contribution < -0.4 is 38.5 Å². The number of rotatable bonds is 8. The Hall–Kier alpha value is -5.02. The first kappa shape index (κ1) is 47.0. The van der Waals surface area contributed by atoms with Crippen LogP contribution in [0.1, 0.15) is 103 Å². The molecule has 2 saturated carbocycles. The number of aromatic nitrogens is 4. The molecule has 2 atom stereocenters. The van der Waals surface area contributed by atoms with Gasteiger partial charge < -0.3 is 38.5 Å². The molecule has 0 bridgehead atoms. The van der Waals surface area contributed by atoms with Crippen molar-refractivity contribution >= 4 is 58.6 Å². The number of halogens is 6. The van der Waals surface area contributed by atoms with Gasteiger partial charge >= 0.3 is 12.4 Å². The third kappa shape index (κ3) is 9.80. The third-order valence-electron chi connectivity index (χ3n) is 13.5. The van der Waals surface area contributed by atoms with E-state index in [2.05, 4.69) is 26.9 Å². The Morgan fingerprint density at radius 1 is 0.656 bits per heavy atom. The fourth-order valence-corrected chi connectivity index (χ4v) is 11.7. The normalized spacial score (nSPS) is 20.6. The molecule has 0 aromatic carbocycles. The lowest BCUT2D eigenvalue weighted by Crippen LogP contribution is -2.47. The minimum Gasteiger partial charge on any atom is -0.383 e. The highest BCUT2D eigenvalue weighted by Crippen LogP contribution is 2.51. The van der Waals surface area contributed by atoms with Gasteiger partial charge in [-0.15, -0.1) is 0 Å². The number of hydrogen-bond acceptors (Lipinski definition) is 13. The van der Waals surface area contributed by atoms with Crippen LogP contribution in [-0.4, -0.2) is 64.0 Å². The molecule has 2 aliphatic heterocycles. The molecular weight excluding hydrogens is 881 g/mol. The molecule has 4 aliphatic rings. The zero-order valence-corrected chi connectivity index (χ0v) is 36.8. The van der Waals surface area contributed by atoms with Gasteiger partial charge in [-0.3, -0.25) is 19.6 Å². The lowest BCUT2D eigenvalue weighted by atomic mass is 9.71. The van der Waals surface area contributed by atoms with Gasteiger partial charge in [-0.25, -0.2) is 9.97 Å². The first-order valence-electron chi connectivity index (χ1n) is 21.1. The summed E-state index contributed by atoms with van der Waals surface area (Å²) in [7, 11) is 0. The predicted molar refractivity (Wildman–Crippen MR) is 234 cm³/mol. The molecule has 13 nitrogen and oxygen atoms in total. The van der Waals surface area contributed by atoms with Crippen LogP contribution >= 0.6 is 23.5 Å². The quantitative estimate of drug-likeness (QED) is 0.105. The standard InChI is InChI=1S/C22H26F3N5OS.C21H25F3N6OS/c1-13-4-2-6-21(13)7-10-30(11-8-21)20-14(19(27)31)12-16(18(26)29-20)32-15-5-3-9-28-17(15)22(23,24)25;22-21(23,24)16-13(3-2-8-28-16)32-14-11-12(18(27)31)19(29-17(14)26)30-9-6-20(7-10-30)5-1-4-15(20)25/h3,5,9,12-13H,2,4,6-8,10-11H2,1H3,(H2,26,29)(H2,27,31);2-3,8,11,15H,1,4-7,9-10,25H2,(H2,26,29)(H2,27,31)/t13-;15-/m11/s1. The molecule has 0 radical (unpaired) electrons. The number of piperidine rings is 2. The van der Waals surface area contributed by atoms with Crippen molar-refractivity contribution in [2.75, 3.05) is 47.4 Å². The number of nitrogens with two attached hydrogens (primary N) is 5. The molecule has 21 heteroatoms. The van der Waals surface area contributed by atoms with Crippen molar-refractivity contribution in [3.63, 3.8) is 0 Å². The fraction of sp³-hybridized carbons (Fsp3) is 0.488. The predicted octanol–water partition coefficient (Wildman–Crippen LogP) is 8.16. The molecule has 2 aliphatic carbocycles. The van der Waals surface area contributed by atoms with Crippen LogP contribution in [0, 0.1) is 16.7 Å². The first-order chi connectivity index (χ1) is 30.2. The maximum atomic E-state index is 13.3. The largest absolute Gasteiger partial charge is 0.434 e. The van der Waals surface area contributed by atoms with Gasteiger partial charge in [0.2, 0.25) is 0 Å². The third-order valence-corrected chi connectivity index (χ3v) is 15.7. The van der Waals surface area contributed by atoms with E-state index in [0.29, 0.717) is 36.1 Å². The van der Waals surface area contributed by atoms with Crippen molar-refractivity contribution in [1.82, 2.24) is 19.9 Å². The van der Waals surface area contributed by atoms with E-state index in [1.807, 2.05) is 9.80 Å². The van der Waals surface area contributed by atoms with E-state index in [9.17, 15) is 35.9 Å². The number of alkyl halides is 6. The molecule has 2 amide bonds. The number of amides is 2. The minimum absolute atomic E-state index is 0.0323. The van der Waals surface area contributed by atoms with Gasteiger partial charge in [0.15, 0.2) is 11.4 Å². The lowest BCUT2D eigenvalue weighted by Gasteiger charge is -2.43. The number of anilines is 4. The molecule has 8 rings (SSSR count). The Bertz CT molecular complexity index is 2210. The van der Waals surface area contributed by atoms with E-state index >= 15 is 0 Å². The zero-order valence-electron chi connectivity index (χ0n) is 35.1. The van der Waals surface area contributed by atoms with Crippen molar-refractivity contribution < 1.29 is 35.9 Å². The summed E-state index contributed by atoms with van der Waals surface area (Å²) in [6.45, 7) is 5.11. The highest BCUT2D eigenvalue weighted by atomic mass is 32.2. The Morgan fingerprint density at radius 3 is 1.42 bits per heavy atom. The molecular formula is C43H51F6N11O2S2. The van der Waals surface area contributed by atoms with Crippen molar-refractivity contribution in [2.24, 2.45) is 33.9 Å². The minimum atomic E-state index is -4.62. The fourth-order valence-electron chi connectivity index (χ4n) is 9.78. The lowest BCUT2D eigenvalue weighted by molar-refractivity contribution is -0.144. The Kier molecular flexibility index (Phi) is 13.5. The second kappa shape index (κ2) is 18.5. The molecule has 2 spiro atoms. The number of pyridine rings is 4. The monoisotopic (exact) mass is 931 g/mol. The number of nitrogens with zero attached hydrogens (tertiary/aromatic N) is 6. The van der Waals surface area contributed by atoms with Gasteiger partial charge in [-0.2, -0.15) is 26.3 Å². The second-order valence-corrected chi connectivity index (χ2v) is 19.3. The van der Waals surface area contributed by atoms with E-state index in [0.717, 1.165) is 94.0 Å². The van der Waals surface area contributed by atoms with Gasteiger partial charge in [-0.05, 0) is 98.1 Å². The number of primary amides is 2. The Balaban J connectivity index is 0.000000191. The number of hydrogen-bond donors (Lipinski definition) is 5. The summed E-state index contributed by atoms with van der Waals surface area (Å²) in [4.78, 5) is 44.3. The van der Waals surface area contributed by atoms with E-state index < -0.39 is 35.6 Å². The smallest absolute Gasteiger partial charge is 0.383 e. The van der Waals surface area contributed by atoms with Gasteiger partial charge in [0, 0.05) is 54.4 Å². The maximum absolute atomic E-state index is 13.3. The maximum Gasteiger partial charge on any atom is 0.434 e. The molecule has 4 aromatic rings. The summed E-state index contributed by atoms with van der Waals surface area (Å²) in [5.41, 5.74) is 28.5. The highest BCUT2D eigenvalue weighted by Gasteiger charge is 2.45. The van der Waals surface area contributed by atoms with Crippen LogP contribution in [-0.2, 0) is 12.4 Å². The van der Waals surface area contributed by atoms with Crippen LogP contribution in [0.5, 0.6) is 0 Å². The summed E-state index contributed by atoms with van der Waals surface area (Å²) < 4.78 is 79.9. The van der Waals surface area contributed by atoms with Crippen LogP contribution in [0.3, 0.4) is 0 Å². The molecule has 0 unspecified atom stereocenters. The second-order valence-electron chi connectivity index (χ2n) is 17.1. The van der Waals surface area contributed by atoms with Crippen molar-refractivity contribution in [3.8, 4) is 0 Å². The van der Waals surface area contributed by atoms with Crippen molar-refractivity contribution in [1.29, 1.82) is 0 Å². The average molecular weight is 932 g/mol. The average Bonchev–Trinajstić information content (AvgIpc) is 3.78. The molecule has 4 fully saturated rings. The SMILES string of the molecule is C[C@@H]1CCCC12CCN(c1nc(N)c(Sc3cccnc3C(F)(F)F)cc1C(N)=O)CC2.NC(=O)c1cc(Sc2cccnc2C(F)(F)F)c(N)nc1N1CCC2(CCC[C@H]2N)CC1. The van der Waals surface area contributed by atoms with E-state index in [4.69, 9.17) is 28.7 Å². The van der Waals surface area contributed by atoms with Gasteiger partial charge in [0.05, 0.1) is 20.9 Å². The number of nitrogen functional groups attached to an aromatic ring is 2. The molecule has 4 aromatic heterocycles. The van der Waals surface area contributed by atoms with Crippen molar-refractivity contribution in [2.45, 2.75) is 109 Å². The Morgan fingerprint density at radius 2 is 1.06 bits per heavy atom. The van der Waals surface area contributed by atoms with E-state index in [1.54, 1.807) is 0 Å². The molecule has 6 heterocycles. The van der Waals surface area contributed by atoms with Crippen molar-refractivity contribution in [3.05, 3.63) is 71.3 Å². The highest BCUT2D eigenvalue weighted by molar-refractivity contribution is 7.99. The summed E-state index contributed by atoms with van der Waals surface area (Å²) in [5, 5.41) is 0. The van der Waals surface area contributed by atoms with Crippen LogP contribution in [0.25, 0.3) is 0 Å². The summed E-state index contributed by atoms with van der Waals surface area (Å²) in [5.74, 6) is 0.135. The Labute approximate surface area is 375 Å². The molecule has 344 valence electrons. The number of carbonyl (C=O) groups excluding carboxylic acids is 2. The molecule has 10 N–H and O–H groups in total. The first-order valence-corrected chi connectivity index (χ1v) is 22.7. The summed E-state index contributed by atoms with van der Waals surface area (Å²) >= 11 is 1.53. The van der Waals surface area contributed by atoms with E-state index in [1.165, 1.54) is 55.7 Å². The summed E-state index contributed by atoms with van der Waals surface area (Å²) in [6, 6.07) is 8.47. The van der Waals surface area contributed by atoms with Gasteiger partial charge in [-0.1, -0.05) is 49.7 Å². The van der Waals surface area contributed by atoms with Gasteiger partial charge in [0.25, 0.3) is 11.8 Å². The van der Waals surface area contributed by atoms with Crippen LogP contribution in [0.4, 0.5) is 49.6 Å². The molecule has 2 saturated heterocycles. The zero-order chi connectivity index (χ0) is 46.2. The topological polar surface area (TPSA) is 222 Å². The van der Waals surface area contributed by atoms with Gasteiger partial charge in [0.1, 0.15) is 23.3 Å². The molecule has 64 heavy (non-hydrogen) atoms. The number of carbonyl (C=O) groups is 2. The van der Waals surface area contributed by atoms with Crippen LogP contribution in [0.2, 0.25) is 0 Å². The van der Waals surface area contributed by atoms with Crippen LogP contribution in [0.15, 0.2) is 68.4 Å².